The molecule has 3 unspecified atom stereocenters. The molecule has 12 N–H and O–H groups in total. The predicted molar refractivity (Wildman–Crippen MR) is 481 cm³/mol. The molecule has 0 saturated carbocycles. The molecule has 3 aliphatic rings. The van der Waals surface area contributed by atoms with E-state index in [4.69, 9.17) is 40.0 Å². The molecule has 43 heteroatoms. The number of ether oxygens (including phenoxy) is 8. The topological polar surface area (TPSA) is 560 Å². The highest BCUT2D eigenvalue weighted by Crippen LogP contribution is 2.30. The maximum absolute atomic E-state index is 11.8. The Morgan fingerprint density at radius 1 is 0.589 bits per heavy atom. The number of methoxy groups -OCH3 is 6. The number of esters is 6. The normalized spacial score (nSPS) is 14.1. The number of ketones is 5. The van der Waals surface area contributed by atoms with Gasteiger partial charge in [-0.3, -0.25) is 47.0 Å². The number of halogens is 6. The van der Waals surface area contributed by atoms with Crippen LogP contribution in [-0.4, -0.2) is 198 Å². The number of carbonyl (C=O) groups is 11. The number of carbonyl (C=O) groups excluding carboxylic acids is 11. The van der Waals surface area contributed by atoms with Crippen LogP contribution in [0.5, 0.6) is 11.5 Å². The number of phenols is 2. The zero-order valence-electron chi connectivity index (χ0n) is 74.0. The van der Waals surface area contributed by atoms with Gasteiger partial charge in [-0.1, -0.05) is 126 Å². The zero-order chi connectivity index (χ0) is 98.8. The average Bonchev–Trinajstić information content (AvgIpc) is 1.71. The molecule has 0 spiro atoms. The second-order valence-corrected chi connectivity index (χ2v) is 27.4. The van der Waals surface area contributed by atoms with Gasteiger partial charge < -0.3 is 89.0 Å². The van der Waals surface area contributed by atoms with Crippen molar-refractivity contribution in [3.63, 3.8) is 0 Å². The number of aromatic hydroxyl groups is 2. The maximum Gasteiger partial charge on any atom is 0.762 e. The number of hydrogen-bond donors (Lipinski definition) is 9. The minimum absolute atomic E-state index is 0. The minimum Gasteiger partial charge on any atom is -0.507 e. The van der Waals surface area contributed by atoms with Crippen molar-refractivity contribution < 1.29 is 152 Å². The number of anilines is 1. The van der Waals surface area contributed by atoms with E-state index in [-0.39, 0.29) is 101 Å². The number of phenolic OH excluding ortho intramolecular Hbond substituents is 2. The fourth-order valence-electron chi connectivity index (χ4n) is 9.44. The number of rotatable bonds is 24. The molecule has 4 aromatic carbocycles. The molecular formula is C86H118BCl3F3N5O30S. The Labute approximate surface area is 765 Å². The van der Waals surface area contributed by atoms with Crippen LogP contribution in [0.15, 0.2) is 196 Å². The number of benzene rings is 4. The highest BCUT2D eigenvalue weighted by atomic mass is 36.0. The number of Topliss-reactive ketones (excluding diaryl/α,β-unsaturated/α-hetero) is 3. The summed E-state index contributed by atoms with van der Waals surface area (Å²) in [5.74, 6) is -2.59. The Kier molecular flexibility index (Phi) is 77.9. The number of nitrogen functional groups attached to an aromatic ring is 1. The Balaban J connectivity index is -0.000000326. The van der Waals surface area contributed by atoms with E-state index in [2.05, 4.69) is 71.8 Å². The van der Waals surface area contributed by atoms with E-state index >= 15 is 0 Å². The van der Waals surface area contributed by atoms with Crippen LogP contribution in [0.25, 0.3) is 0 Å². The summed E-state index contributed by atoms with van der Waals surface area (Å²) in [6.07, 6.45) is 14.2. The van der Waals surface area contributed by atoms with Gasteiger partial charge in [0.05, 0.1) is 77.0 Å². The lowest BCUT2D eigenvalue weighted by Crippen LogP contribution is -2.45. The summed E-state index contributed by atoms with van der Waals surface area (Å²) in [5.41, 5.74) is 9.26. The molecule has 1 saturated heterocycles. The lowest BCUT2D eigenvalue weighted by Gasteiger charge is -2.28. The summed E-state index contributed by atoms with van der Waals surface area (Å²) in [6, 6.07) is 37.6. The van der Waals surface area contributed by atoms with Crippen LogP contribution in [0.3, 0.4) is 0 Å². The minimum atomic E-state index is -3.67. The standard InChI is InChI=1S/C12H17NO4.C12H15NO4.C12H16O5.C12H14O4.C6H5NO5.C6H7NO3.C6H10O.2C6H6.C4H8O.C4H10O.BF3.Cl2OS.ClH.H3NO/c1-3-4-10(14)8-7-12(16,11(15)17-2)6-5-9(8)13;1-3-4-10(13-16)9-7-8(12(15)17-2)5-6-11(9)14;1-3-4-9(13)8-7-12(16,11(15)17-2)6-5-10(8)14;1-3-4-10(13)9-7-8(12(15)16-2)5-6-11(9)14;1-11-6(8)4-2-3-5(12-4)7(9)10;1-9-6(8)4-2-3-5(7)10-4;1-3-5-6(7)4-2;2*1-2-4-6-5-3-1;1-2-4-5-3-1;1-3-5-4-2;2-1(3)4;1-4(2)3;;1-2/h5-6,16H,3-4,7,13H2,1-2H3;5-7,14,16H,3-4H2,1-2H3;5-6,8,16H,3-4,7H2,1-2H3;5-7,14H,3-4H2,1-2H3;2-3H,1H3;2-3H,7H2,1H3;4H,2-3,5H2,1H3;2*1-6H;1-4H2;3-4H2,1-2H3;;;1H;2H,1H2/b;13-10+;;;;;;;;;;;;;. The van der Waals surface area contributed by atoms with Crippen molar-refractivity contribution in [3.05, 3.63) is 226 Å². The van der Waals surface area contributed by atoms with Crippen molar-refractivity contribution in [2.75, 3.05) is 74.8 Å². The summed E-state index contributed by atoms with van der Waals surface area (Å²) < 4.78 is 83.8. The molecule has 3 atom stereocenters. The highest BCUT2D eigenvalue weighted by Gasteiger charge is 2.44. The van der Waals surface area contributed by atoms with Gasteiger partial charge in [0.15, 0.2) is 40.2 Å². The number of aliphatic hydroxyl groups is 2. The highest BCUT2D eigenvalue weighted by molar-refractivity contribution is 8.26. The first kappa shape index (κ1) is 128. The van der Waals surface area contributed by atoms with Crippen LogP contribution < -0.4 is 17.4 Å². The molecule has 6 aromatic rings. The number of furan rings is 2. The third-order valence-corrected chi connectivity index (χ3v) is 15.5. The van der Waals surface area contributed by atoms with E-state index < -0.39 is 80.5 Å². The van der Waals surface area contributed by atoms with Gasteiger partial charge in [0, 0.05) is 109 Å². The molecule has 129 heavy (non-hydrogen) atoms. The fraction of sp³-hybridized carbons (Fsp3) is 0.395. The lowest BCUT2D eigenvalue weighted by molar-refractivity contribution is -0.402. The fourth-order valence-corrected chi connectivity index (χ4v) is 9.44. The molecule has 3 heterocycles. The molecule has 1 fully saturated rings. The first-order valence-corrected chi connectivity index (χ1v) is 41.6. The van der Waals surface area contributed by atoms with Gasteiger partial charge >= 0.3 is 49.2 Å². The summed E-state index contributed by atoms with van der Waals surface area (Å²) in [4.78, 5) is 133. The zero-order valence-corrected chi connectivity index (χ0v) is 77.1. The Hall–Kier alpha value is -11.7. The van der Waals surface area contributed by atoms with Crippen LogP contribution in [0.1, 0.15) is 196 Å². The van der Waals surface area contributed by atoms with Crippen molar-refractivity contribution in [2.24, 2.45) is 22.7 Å². The SMILES string of the molecule is C1CCOC1.C=CC(=O)CCC.CCC/C(=N\O)c1cc(C(=O)OC)ccc1O.CCCC(=O)C1=C(N)C=CC(O)(C(=O)OC)C1.CCCC(=O)C1CC(O)(C(=O)OC)C=CC1=O.CCCC(=O)c1cc(C(=O)OC)ccc1O.CCOCC.COC(=O)c1ccc(N)o1.COC(=O)c1ccc([N+](=O)[O-])o1.Cl.FB(F)F.NO.O=S(Cl)Cl.c1ccccc1.c1ccccc1. The number of nitrogens with two attached hydrogens (primary N) is 3. The van der Waals surface area contributed by atoms with Crippen molar-refractivity contribution in [1.29, 1.82) is 0 Å². The molecule has 1 aliphatic heterocycles. The quantitative estimate of drug-likeness (QED) is 0.00232. The molecule has 0 amide bonds. The largest absolute Gasteiger partial charge is 0.762 e. The Morgan fingerprint density at radius 3 is 1.31 bits per heavy atom. The Morgan fingerprint density at radius 2 is 0.977 bits per heavy atom. The van der Waals surface area contributed by atoms with Crippen molar-refractivity contribution >= 4 is 133 Å². The van der Waals surface area contributed by atoms with Crippen LogP contribution in [0.2, 0.25) is 0 Å². The number of nitro groups is 1. The van der Waals surface area contributed by atoms with Gasteiger partial charge in [-0.25, -0.2) is 38.9 Å². The van der Waals surface area contributed by atoms with E-state index in [1.165, 1.54) is 114 Å². The summed E-state index contributed by atoms with van der Waals surface area (Å²) in [6.45, 7) is 20.5. The molecular weight excluding hydrogens is 1790 g/mol. The van der Waals surface area contributed by atoms with Crippen molar-refractivity contribution in [1.82, 2.24) is 0 Å². The van der Waals surface area contributed by atoms with E-state index in [0.29, 0.717) is 73.1 Å². The first-order valence-electron chi connectivity index (χ1n) is 38.8. The maximum atomic E-state index is 11.8. The molecule has 35 nitrogen and oxygen atoms in total. The molecule has 2 aromatic heterocycles. The van der Waals surface area contributed by atoms with E-state index in [1.54, 1.807) is 0 Å². The van der Waals surface area contributed by atoms with Crippen LogP contribution in [0.4, 0.5) is 24.7 Å². The van der Waals surface area contributed by atoms with E-state index in [9.17, 15) is 96.2 Å². The Bertz CT molecular complexity index is 4310. The van der Waals surface area contributed by atoms with E-state index in [1.807, 2.05) is 121 Å². The monoisotopic (exact) mass is 1910 g/mol. The number of oxime groups is 1. The lowest BCUT2D eigenvalue weighted by atomic mass is 9.79. The van der Waals surface area contributed by atoms with Crippen molar-refractivity contribution in [2.45, 2.75) is 150 Å². The van der Waals surface area contributed by atoms with Gasteiger partial charge in [-0.15, -0.1) is 12.4 Å². The molecule has 9 rings (SSSR count). The second kappa shape index (κ2) is 78.5. The van der Waals surface area contributed by atoms with Gasteiger partial charge in [-0.2, -0.15) is 0 Å². The molecule has 0 radical (unpaired) electrons. The van der Waals surface area contributed by atoms with Gasteiger partial charge in [0.2, 0.25) is 20.7 Å². The van der Waals surface area contributed by atoms with Gasteiger partial charge in [0.1, 0.15) is 22.2 Å². The predicted octanol–water partition coefficient (Wildman–Crippen LogP) is 15.2. The molecule has 0 bridgehead atoms. The van der Waals surface area contributed by atoms with Crippen LogP contribution in [-0.2, 0) is 75.9 Å². The van der Waals surface area contributed by atoms with Gasteiger partial charge in [0.25, 0.3) is 0 Å². The molecule has 718 valence electrons. The number of nitrogens with zero attached hydrogens (tertiary/aromatic N) is 2. The summed E-state index contributed by atoms with van der Waals surface area (Å²) in [7, 11) is 11.0. The second-order valence-electron chi connectivity index (χ2n) is 24.9. The van der Waals surface area contributed by atoms with Crippen molar-refractivity contribution in [3.8, 4) is 11.5 Å². The van der Waals surface area contributed by atoms with E-state index in [0.717, 1.165) is 71.7 Å². The molecule has 2 aliphatic carbocycles. The third-order valence-electron chi connectivity index (χ3n) is 15.5. The first-order chi connectivity index (χ1) is 60.7. The van der Waals surface area contributed by atoms with Gasteiger partial charge in [-0.05, 0) is 138 Å². The number of allylic oxidation sites excluding steroid dienone is 3. The van der Waals surface area contributed by atoms with Crippen LogP contribution >= 0.6 is 33.8 Å². The third kappa shape index (κ3) is 59.1. The smallest absolute Gasteiger partial charge is 0.507 e. The number of hydrogen-bond acceptors (Lipinski definition) is 34. The average molecular weight is 1910 g/mol. The summed E-state index contributed by atoms with van der Waals surface area (Å²) >= 11 is 0. The summed E-state index contributed by atoms with van der Waals surface area (Å²) in [5, 5.41) is 67.8. The van der Waals surface area contributed by atoms with Crippen LogP contribution in [0, 0.1) is 16.0 Å².